The van der Waals surface area contributed by atoms with Crippen LogP contribution in [0.4, 0.5) is 17.5 Å². The van der Waals surface area contributed by atoms with Crippen molar-refractivity contribution in [2.45, 2.75) is 33.2 Å². The zero-order valence-corrected chi connectivity index (χ0v) is 12.6. The summed E-state index contributed by atoms with van der Waals surface area (Å²) in [6.07, 6.45) is 2.63. The molecule has 0 spiro atoms. The Hall–Kier alpha value is -1.88. The largest absolute Gasteiger partial charge is 0.366 e. The first-order valence-corrected chi connectivity index (χ1v) is 6.96. The number of anilines is 3. The van der Waals surface area contributed by atoms with E-state index in [1.165, 1.54) is 0 Å². The van der Waals surface area contributed by atoms with E-state index in [0.29, 0.717) is 22.8 Å². The Morgan fingerprint density at radius 1 is 1.35 bits per heavy atom. The van der Waals surface area contributed by atoms with Crippen molar-refractivity contribution in [3.8, 4) is 0 Å². The number of hydrogen-bond acceptors (Lipinski definition) is 5. The molecular weight excluding hydrogens is 274 g/mol. The molecule has 1 aromatic carbocycles. The molecule has 20 heavy (non-hydrogen) atoms. The van der Waals surface area contributed by atoms with Crippen molar-refractivity contribution in [3.63, 3.8) is 0 Å². The Balaban J connectivity index is 2.17. The summed E-state index contributed by atoms with van der Waals surface area (Å²) in [5, 5.41) is 15.0. The van der Waals surface area contributed by atoms with Gasteiger partial charge in [-0.3, -0.25) is 0 Å². The Morgan fingerprint density at radius 2 is 2.15 bits per heavy atom. The van der Waals surface area contributed by atoms with Crippen LogP contribution in [-0.2, 0) is 0 Å². The zero-order valence-electron chi connectivity index (χ0n) is 11.8. The van der Waals surface area contributed by atoms with Crippen LogP contribution in [0.3, 0.4) is 0 Å². The van der Waals surface area contributed by atoms with Crippen LogP contribution in [0.1, 0.15) is 25.8 Å². The summed E-state index contributed by atoms with van der Waals surface area (Å²) in [7, 11) is 0. The number of benzene rings is 1. The lowest BCUT2D eigenvalue weighted by atomic mass is 10.2. The maximum Gasteiger partial charge on any atom is 0.249 e. The van der Waals surface area contributed by atoms with Crippen molar-refractivity contribution in [2.24, 2.45) is 0 Å². The van der Waals surface area contributed by atoms with Gasteiger partial charge in [-0.25, -0.2) is 0 Å². The van der Waals surface area contributed by atoms with E-state index in [-0.39, 0.29) is 0 Å². The van der Waals surface area contributed by atoms with Gasteiger partial charge in [-0.05, 0) is 38.0 Å². The molecule has 0 radical (unpaired) electrons. The third-order valence-corrected chi connectivity index (χ3v) is 3.49. The van der Waals surface area contributed by atoms with Crippen LogP contribution >= 0.6 is 11.6 Å². The first-order valence-electron chi connectivity index (χ1n) is 6.58. The molecule has 0 saturated carbocycles. The van der Waals surface area contributed by atoms with Gasteiger partial charge in [-0.1, -0.05) is 24.6 Å². The Kier molecular flexibility index (Phi) is 4.74. The third-order valence-electron chi connectivity index (χ3n) is 3.08. The van der Waals surface area contributed by atoms with Gasteiger partial charge in [-0.15, -0.1) is 5.10 Å². The number of nitrogens with zero attached hydrogens (tertiary/aromatic N) is 3. The quantitative estimate of drug-likeness (QED) is 0.877. The van der Waals surface area contributed by atoms with Crippen LogP contribution in [-0.4, -0.2) is 21.2 Å². The molecule has 1 unspecified atom stereocenters. The molecule has 0 aliphatic carbocycles. The molecule has 5 nitrogen and oxygen atoms in total. The highest BCUT2D eigenvalue weighted by atomic mass is 35.5. The van der Waals surface area contributed by atoms with Crippen molar-refractivity contribution in [1.82, 2.24) is 15.2 Å². The standard InChI is InChI=1S/C14H18ClN5/c1-4-9(2)17-13-8-16-20-14(19-13)18-12-7-5-6-11(15)10(12)3/h5-9H,4H2,1-3H3,(H2,17,18,19,20). The lowest BCUT2D eigenvalue weighted by Crippen LogP contribution is -2.15. The van der Waals surface area contributed by atoms with Gasteiger partial charge in [0.25, 0.3) is 0 Å². The average molecular weight is 292 g/mol. The molecule has 0 aliphatic rings. The van der Waals surface area contributed by atoms with Gasteiger partial charge in [0.15, 0.2) is 5.82 Å². The van der Waals surface area contributed by atoms with Gasteiger partial charge >= 0.3 is 0 Å². The van der Waals surface area contributed by atoms with Crippen molar-refractivity contribution in [1.29, 1.82) is 0 Å². The molecule has 1 atom stereocenters. The molecule has 2 rings (SSSR count). The molecule has 0 fully saturated rings. The third kappa shape index (κ3) is 3.57. The van der Waals surface area contributed by atoms with Gasteiger partial charge < -0.3 is 10.6 Å². The number of aromatic nitrogens is 3. The molecule has 0 amide bonds. The molecule has 6 heteroatoms. The van der Waals surface area contributed by atoms with Crippen LogP contribution in [0.15, 0.2) is 24.4 Å². The van der Waals surface area contributed by atoms with Crippen molar-refractivity contribution >= 4 is 29.1 Å². The SMILES string of the molecule is CCC(C)Nc1cnnc(Nc2cccc(Cl)c2C)n1. The lowest BCUT2D eigenvalue weighted by molar-refractivity contribution is 0.755. The summed E-state index contributed by atoms with van der Waals surface area (Å²) in [4.78, 5) is 4.39. The predicted molar refractivity (Wildman–Crippen MR) is 82.7 cm³/mol. The van der Waals surface area contributed by atoms with Crippen LogP contribution in [0.25, 0.3) is 0 Å². The Morgan fingerprint density at radius 3 is 2.90 bits per heavy atom. The first-order chi connectivity index (χ1) is 9.60. The molecule has 2 aromatic rings. The van der Waals surface area contributed by atoms with Gasteiger partial charge in [0, 0.05) is 16.8 Å². The molecule has 0 aliphatic heterocycles. The van der Waals surface area contributed by atoms with Gasteiger partial charge in [0.1, 0.15) is 0 Å². The van der Waals surface area contributed by atoms with Crippen LogP contribution in [0.2, 0.25) is 5.02 Å². The fourth-order valence-corrected chi connectivity index (χ4v) is 1.82. The second-order valence-corrected chi connectivity index (χ2v) is 5.06. The molecule has 0 saturated heterocycles. The minimum atomic E-state index is 0.340. The number of rotatable bonds is 5. The Bertz CT molecular complexity index is 588. The summed E-state index contributed by atoms with van der Waals surface area (Å²) in [5.74, 6) is 1.15. The summed E-state index contributed by atoms with van der Waals surface area (Å²) in [5.41, 5.74) is 1.83. The molecule has 1 heterocycles. The Labute approximate surface area is 123 Å². The average Bonchev–Trinajstić information content (AvgIpc) is 2.44. The minimum Gasteiger partial charge on any atom is -0.366 e. The number of nitrogens with one attached hydrogen (secondary N) is 2. The summed E-state index contributed by atoms with van der Waals surface area (Å²) in [6.45, 7) is 6.15. The van der Waals surface area contributed by atoms with E-state index in [2.05, 4.69) is 39.7 Å². The van der Waals surface area contributed by atoms with Gasteiger partial charge in [-0.2, -0.15) is 10.1 Å². The first kappa shape index (κ1) is 14.5. The summed E-state index contributed by atoms with van der Waals surface area (Å²) in [6, 6.07) is 6.00. The highest BCUT2D eigenvalue weighted by molar-refractivity contribution is 6.31. The monoisotopic (exact) mass is 291 g/mol. The van der Waals surface area contributed by atoms with Gasteiger partial charge in [0.2, 0.25) is 5.95 Å². The second-order valence-electron chi connectivity index (χ2n) is 4.66. The van der Waals surface area contributed by atoms with E-state index in [1.807, 2.05) is 25.1 Å². The van der Waals surface area contributed by atoms with Crippen molar-refractivity contribution in [3.05, 3.63) is 35.0 Å². The van der Waals surface area contributed by atoms with E-state index in [4.69, 9.17) is 11.6 Å². The van der Waals surface area contributed by atoms with Gasteiger partial charge in [0.05, 0.1) is 6.20 Å². The zero-order chi connectivity index (χ0) is 14.5. The highest BCUT2D eigenvalue weighted by Gasteiger charge is 2.06. The normalized spacial score (nSPS) is 12.0. The minimum absolute atomic E-state index is 0.340. The maximum absolute atomic E-state index is 6.09. The molecular formula is C14H18ClN5. The molecule has 2 N–H and O–H groups in total. The highest BCUT2D eigenvalue weighted by Crippen LogP contribution is 2.24. The smallest absolute Gasteiger partial charge is 0.249 e. The second kappa shape index (κ2) is 6.52. The van der Waals surface area contributed by atoms with Crippen LogP contribution in [0, 0.1) is 6.92 Å². The van der Waals surface area contributed by atoms with Crippen molar-refractivity contribution < 1.29 is 0 Å². The fourth-order valence-electron chi connectivity index (χ4n) is 1.64. The predicted octanol–water partition coefficient (Wildman–Crippen LogP) is 3.79. The lowest BCUT2D eigenvalue weighted by Gasteiger charge is -2.13. The van der Waals surface area contributed by atoms with E-state index in [1.54, 1.807) is 6.20 Å². The molecule has 1 aromatic heterocycles. The van der Waals surface area contributed by atoms with E-state index in [0.717, 1.165) is 17.7 Å². The fraction of sp³-hybridized carbons (Fsp3) is 0.357. The van der Waals surface area contributed by atoms with E-state index in [9.17, 15) is 0 Å². The maximum atomic E-state index is 6.09. The van der Waals surface area contributed by atoms with Crippen LogP contribution in [0.5, 0.6) is 0 Å². The van der Waals surface area contributed by atoms with E-state index < -0.39 is 0 Å². The van der Waals surface area contributed by atoms with Crippen LogP contribution < -0.4 is 10.6 Å². The molecule has 106 valence electrons. The number of hydrogen-bond donors (Lipinski definition) is 2. The topological polar surface area (TPSA) is 62.7 Å². The molecule has 0 bridgehead atoms. The summed E-state index contributed by atoms with van der Waals surface area (Å²) >= 11 is 6.09. The van der Waals surface area contributed by atoms with E-state index >= 15 is 0 Å². The summed E-state index contributed by atoms with van der Waals surface area (Å²) < 4.78 is 0. The number of halogens is 1. The van der Waals surface area contributed by atoms with Crippen molar-refractivity contribution in [2.75, 3.05) is 10.6 Å².